The van der Waals surface area contributed by atoms with Gasteiger partial charge in [-0.05, 0) is 49.1 Å². The first kappa shape index (κ1) is 14.4. The Balaban J connectivity index is 2.00. The summed E-state index contributed by atoms with van der Waals surface area (Å²) in [6.45, 7) is 2.29. The number of hydrogen-bond donors (Lipinski definition) is 0. The van der Waals surface area contributed by atoms with Crippen LogP contribution < -0.4 is 0 Å². The van der Waals surface area contributed by atoms with Crippen molar-refractivity contribution in [1.82, 2.24) is 0 Å². The Morgan fingerprint density at radius 2 is 2.06 bits per heavy atom. The molecule has 0 nitrogen and oxygen atoms in total. The van der Waals surface area contributed by atoms with Crippen LogP contribution in [0.1, 0.15) is 44.6 Å². The number of benzene rings is 1. The molecule has 1 aromatic carbocycles. The molecule has 18 heavy (non-hydrogen) atoms. The minimum absolute atomic E-state index is 0.366. The van der Waals surface area contributed by atoms with Gasteiger partial charge < -0.3 is 0 Å². The Labute approximate surface area is 124 Å². The molecule has 0 bridgehead atoms. The van der Waals surface area contributed by atoms with E-state index in [-0.39, 0.29) is 0 Å². The Hall–Kier alpha value is -0.0100. The standard InChI is InChI=1S/C16H22BrCl/c1-2-5-12-8-9-16(18)14(10-12)11-13-6-3-4-7-15(13)17/h3-4,6-7,12,14,16H,2,5,8-11H2,1H3. The predicted octanol–water partition coefficient (Wildman–Crippen LogP) is 5.82. The summed E-state index contributed by atoms with van der Waals surface area (Å²) in [6, 6.07) is 8.55. The third kappa shape index (κ3) is 3.74. The fourth-order valence-corrected chi connectivity index (χ4v) is 3.92. The fraction of sp³-hybridized carbons (Fsp3) is 0.625. The third-order valence-electron chi connectivity index (χ3n) is 4.14. The van der Waals surface area contributed by atoms with Crippen LogP contribution in [0.15, 0.2) is 28.7 Å². The van der Waals surface area contributed by atoms with Crippen LogP contribution in [0.25, 0.3) is 0 Å². The summed E-state index contributed by atoms with van der Waals surface area (Å²) < 4.78 is 1.23. The van der Waals surface area contributed by atoms with E-state index in [1.165, 1.54) is 42.1 Å². The van der Waals surface area contributed by atoms with Crippen LogP contribution in [0.5, 0.6) is 0 Å². The van der Waals surface area contributed by atoms with E-state index in [1.807, 2.05) is 0 Å². The number of hydrogen-bond acceptors (Lipinski definition) is 0. The molecule has 3 unspecified atom stereocenters. The molecule has 1 saturated carbocycles. The van der Waals surface area contributed by atoms with Crippen LogP contribution in [0.2, 0.25) is 0 Å². The highest BCUT2D eigenvalue weighted by Gasteiger charge is 2.29. The molecule has 1 fully saturated rings. The molecule has 0 aromatic heterocycles. The second-order valence-electron chi connectivity index (χ2n) is 5.54. The van der Waals surface area contributed by atoms with E-state index in [4.69, 9.17) is 11.6 Å². The monoisotopic (exact) mass is 328 g/mol. The highest BCUT2D eigenvalue weighted by atomic mass is 79.9. The number of alkyl halides is 1. The Bertz CT molecular complexity index is 377. The molecule has 0 radical (unpaired) electrons. The molecule has 0 spiro atoms. The zero-order chi connectivity index (χ0) is 13.0. The smallest absolute Gasteiger partial charge is 0.0367 e. The van der Waals surface area contributed by atoms with Crippen molar-refractivity contribution in [2.45, 2.75) is 50.8 Å². The van der Waals surface area contributed by atoms with E-state index < -0.39 is 0 Å². The molecule has 3 atom stereocenters. The van der Waals surface area contributed by atoms with Crippen LogP contribution in [-0.2, 0) is 6.42 Å². The van der Waals surface area contributed by atoms with Gasteiger partial charge in [0, 0.05) is 9.85 Å². The van der Waals surface area contributed by atoms with Gasteiger partial charge in [0.25, 0.3) is 0 Å². The summed E-state index contributed by atoms with van der Waals surface area (Å²) in [5.41, 5.74) is 1.41. The van der Waals surface area contributed by atoms with Crippen molar-refractivity contribution in [2.24, 2.45) is 11.8 Å². The molecular weight excluding hydrogens is 308 g/mol. The van der Waals surface area contributed by atoms with Crippen LogP contribution >= 0.6 is 27.5 Å². The number of halogens is 2. The molecule has 0 N–H and O–H groups in total. The van der Waals surface area contributed by atoms with Crippen LogP contribution in [0, 0.1) is 11.8 Å². The van der Waals surface area contributed by atoms with E-state index in [0.717, 1.165) is 12.3 Å². The van der Waals surface area contributed by atoms with Crippen molar-refractivity contribution in [3.63, 3.8) is 0 Å². The number of rotatable bonds is 4. The van der Waals surface area contributed by atoms with Gasteiger partial charge >= 0.3 is 0 Å². The van der Waals surface area contributed by atoms with Gasteiger partial charge in [-0.2, -0.15) is 0 Å². The molecule has 1 aliphatic carbocycles. The molecule has 2 rings (SSSR count). The van der Waals surface area contributed by atoms with E-state index in [0.29, 0.717) is 11.3 Å². The van der Waals surface area contributed by atoms with E-state index in [9.17, 15) is 0 Å². The third-order valence-corrected chi connectivity index (χ3v) is 5.48. The summed E-state index contributed by atoms with van der Waals surface area (Å²) in [6.07, 6.45) is 7.63. The highest BCUT2D eigenvalue weighted by molar-refractivity contribution is 9.10. The fourth-order valence-electron chi connectivity index (χ4n) is 3.15. The summed E-state index contributed by atoms with van der Waals surface area (Å²) in [4.78, 5) is 0. The molecule has 1 aromatic rings. The Morgan fingerprint density at radius 3 is 2.78 bits per heavy atom. The first-order chi connectivity index (χ1) is 8.70. The van der Waals surface area contributed by atoms with Gasteiger partial charge in [-0.25, -0.2) is 0 Å². The van der Waals surface area contributed by atoms with Gasteiger partial charge in [0.15, 0.2) is 0 Å². The van der Waals surface area contributed by atoms with Gasteiger partial charge in [0.1, 0.15) is 0 Å². The summed E-state index contributed by atoms with van der Waals surface area (Å²) in [5, 5.41) is 0.366. The second kappa shape index (κ2) is 6.96. The first-order valence-corrected chi connectivity index (χ1v) is 8.31. The van der Waals surface area contributed by atoms with E-state index >= 15 is 0 Å². The van der Waals surface area contributed by atoms with Crippen LogP contribution in [0.3, 0.4) is 0 Å². The van der Waals surface area contributed by atoms with Crippen molar-refractivity contribution >= 4 is 27.5 Å². The van der Waals surface area contributed by atoms with Crippen molar-refractivity contribution in [2.75, 3.05) is 0 Å². The maximum atomic E-state index is 6.54. The molecule has 2 heteroatoms. The lowest BCUT2D eigenvalue weighted by atomic mass is 9.76. The average molecular weight is 330 g/mol. The van der Waals surface area contributed by atoms with Gasteiger partial charge in [-0.15, -0.1) is 11.6 Å². The first-order valence-electron chi connectivity index (χ1n) is 7.08. The maximum absolute atomic E-state index is 6.54. The van der Waals surface area contributed by atoms with Crippen molar-refractivity contribution in [3.8, 4) is 0 Å². The normalized spacial score (nSPS) is 28.3. The zero-order valence-corrected chi connectivity index (χ0v) is 13.4. The predicted molar refractivity (Wildman–Crippen MR) is 83.2 cm³/mol. The molecule has 0 amide bonds. The van der Waals surface area contributed by atoms with E-state index in [2.05, 4.69) is 47.1 Å². The molecule has 100 valence electrons. The van der Waals surface area contributed by atoms with E-state index in [1.54, 1.807) is 0 Å². The quantitative estimate of drug-likeness (QED) is 0.611. The second-order valence-corrected chi connectivity index (χ2v) is 6.95. The molecule has 0 heterocycles. The molecule has 0 aliphatic heterocycles. The SMILES string of the molecule is CCCC1CCC(Cl)C(Cc2ccccc2Br)C1. The van der Waals surface area contributed by atoms with Crippen molar-refractivity contribution in [1.29, 1.82) is 0 Å². The van der Waals surface area contributed by atoms with Crippen molar-refractivity contribution in [3.05, 3.63) is 34.3 Å². The largest absolute Gasteiger partial charge is 0.123 e. The molecular formula is C16H22BrCl. The lowest BCUT2D eigenvalue weighted by molar-refractivity contribution is 0.257. The van der Waals surface area contributed by atoms with Gasteiger partial charge in [-0.1, -0.05) is 53.9 Å². The Morgan fingerprint density at radius 1 is 1.28 bits per heavy atom. The average Bonchev–Trinajstić information content (AvgIpc) is 2.36. The minimum atomic E-state index is 0.366. The zero-order valence-electron chi connectivity index (χ0n) is 11.0. The highest BCUT2D eigenvalue weighted by Crippen LogP contribution is 2.37. The molecule has 0 saturated heterocycles. The molecule has 1 aliphatic rings. The van der Waals surface area contributed by atoms with Gasteiger partial charge in [-0.3, -0.25) is 0 Å². The topological polar surface area (TPSA) is 0 Å². The van der Waals surface area contributed by atoms with Gasteiger partial charge in [0.05, 0.1) is 0 Å². The minimum Gasteiger partial charge on any atom is -0.123 e. The van der Waals surface area contributed by atoms with Crippen LogP contribution in [-0.4, -0.2) is 5.38 Å². The summed E-state index contributed by atoms with van der Waals surface area (Å²) >= 11 is 10.2. The van der Waals surface area contributed by atoms with Gasteiger partial charge in [0.2, 0.25) is 0 Å². The Kier molecular flexibility index (Phi) is 5.56. The van der Waals surface area contributed by atoms with Crippen LogP contribution in [0.4, 0.5) is 0 Å². The lowest BCUT2D eigenvalue weighted by Crippen LogP contribution is -2.27. The van der Waals surface area contributed by atoms with Crippen molar-refractivity contribution < 1.29 is 0 Å². The lowest BCUT2D eigenvalue weighted by Gasteiger charge is -2.33. The summed E-state index contributed by atoms with van der Waals surface area (Å²) in [5.74, 6) is 1.55. The maximum Gasteiger partial charge on any atom is 0.0367 e. The summed E-state index contributed by atoms with van der Waals surface area (Å²) in [7, 11) is 0.